The first-order chi connectivity index (χ1) is 6.91. The van der Waals surface area contributed by atoms with Gasteiger partial charge in [-0.2, -0.15) is 0 Å². The van der Waals surface area contributed by atoms with Gasteiger partial charge in [0.15, 0.2) is 0 Å². The maximum absolute atomic E-state index is 11.6. The van der Waals surface area contributed by atoms with Crippen LogP contribution in [0.1, 0.15) is 33.1 Å². The third-order valence-electron chi connectivity index (χ3n) is 2.43. The highest BCUT2D eigenvalue weighted by Crippen LogP contribution is 2.07. The van der Waals surface area contributed by atoms with Crippen molar-refractivity contribution in [3.05, 3.63) is 0 Å². The Morgan fingerprint density at radius 3 is 2.69 bits per heavy atom. The van der Waals surface area contributed by atoms with Gasteiger partial charge in [-0.15, -0.1) is 12.4 Å². The first-order valence-electron chi connectivity index (χ1n) is 5.29. The number of nitrogens with one attached hydrogen (secondary N) is 2. The molecule has 1 heterocycles. The van der Waals surface area contributed by atoms with E-state index in [2.05, 4.69) is 10.6 Å². The molecule has 4 N–H and O–H groups in total. The summed E-state index contributed by atoms with van der Waals surface area (Å²) in [5.74, 6) is -0.394. The van der Waals surface area contributed by atoms with Crippen molar-refractivity contribution < 1.29 is 9.59 Å². The predicted molar refractivity (Wildman–Crippen MR) is 64.3 cm³/mol. The van der Waals surface area contributed by atoms with Crippen LogP contribution in [-0.4, -0.2) is 29.9 Å². The van der Waals surface area contributed by atoms with Gasteiger partial charge < -0.3 is 16.4 Å². The van der Waals surface area contributed by atoms with Gasteiger partial charge in [0.25, 0.3) is 0 Å². The van der Waals surface area contributed by atoms with Gasteiger partial charge in [-0.1, -0.05) is 0 Å². The Morgan fingerprint density at radius 2 is 2.12 bits per heavy atom. The fourth-order valence-corrected chi connectivity index (χ4v) is 1.42. The summed E-state index contributed by atoms with van der Waals surface area (Å²) < 4.78 is 0. The highest BCUT2D eigenvalue weighted by molar-refractivity contribution is 5.91. The predicted octanol–water partition coefficient (Wildman–Crippen LogP) is -0.0696. The van der Waals surface area contributed by atoms with E-state index >= 15 is 0 Å². The van der Waals surface area contributed by atoms with Gasteiger partial charge in [0.2, 0.25) is 11.8 Å². The zero-order valence-electron chi connectivity index (χ0n) is 9.71. The van der Waals surface area contributed by atoms with Crippen molar-refractivity contribution in [3.8, 4) is 0 Å². The smallest absolute Gasteiger partial charge is 0.242 e. The molecule has 0 radical (unpaired) electrons. The molecule has 1 rings (SSSR count). The van der Waals surface area contributed by atoms with Crippen molar-refractivity contribution in [1.29, 1.82) is 0 Å². The van der Waals surface area contributed by atoms with Crippen molar-refractivity contribution >= 4 is 24.2 Å². The lowest BCUT2D eigenvalue weighted by Gasteiger charge is -2.22. The second kappa shape index (κ2) is 6.06. The SMILES string of the molecule is CC(C)(N)C(=O)NC1CCCCNC1=O.Cl. The second-order valence-corrected chi connectivity index (χ2v) is 4.53. The molecule has 0 aliphatic carbocycles. The lowest BCUT2D eigenvalue weighted by Crippen LogP contribution is -2.55. The van der Waals surface area contributed by atoms with E-state index in [1.807, 2.05) is 0 Å². The molecule has 94 valence electrons. The quantitative estimate of drug-likeness (QED) is 0.641. The number of halogens is 1. The lowest BCUT2D eigenvalue weighted by atomic mass is 10.0. The van der Waals surface area contributed by atoms with Crippen molar-refractivity contribution in [3.63, 3.8) is 0 Å². The van der Waals surface area contributed by atoms with Crippen LogP contribution < -0.4 is 16.4 Å². The Bertz CT molecular complexity index is 263. The van der Waals surface area contributed by atoms with E-state index in [4.69, 9.17) is 5.73 Å². The van der Waals surface area contributed by atoms with Crippen LogP contribution >= 0.6 is 12.4 Å². The Morgan fingerprint density at radius 1 is 1.50 bits per heavy atom. The molecular weight excluding hydrogens is 230 g/mol. The highest BCUT2D eigenvalue weighted by atomic mass is 35.5. The normalized spacial score (nSPS) is 21.4. The molecule has 1 aliphatic heterocycles. The third kappa shape index (κ3) is 4.37. The molecule has 16 heavy (non-hydrogen) atoms. The zero-order chi connectivity index (χ0) is 11.5. The van der Waals surface area contributed by atoms with Gasteiger partial charge in [-0.3, -0.25) is 9.59 Å². The maximum atomic E-state index is 11.6. The Labute approximate surface area is 102 Å². The zero-order valence-corrected chi connectivity index (χ0v) is 10.5. The Hall–Kier alpha value is -0.810. The summed E-state index contributed by atoms with van der Waals surface area (Å²) in [6, 6.07) is -0.428. The first kappa shape index (κ1) is 15.2. The number of nitrogens with two attached hydrogens (primary N) is 1. The summed E-state index contributed by atoms with van der Waals surface area (Å²) in [7, 11) is 0. The summed E-state index contributed by atoms with van der Waals surface area (Å²) >= 11 is 0. The maximum Gasteiger partial charge on any atom is 0.242 e. The summed E-state index contributed by atoms with van der Waals surface area (Å²) in [5.41, 5.74) is 4.70. The fraction of sp³-hybridized carbons (Fsp3) is 0.800. The van der Waals surface area contributed by atoms with Crippen LogP contribution in [-0.2, 0) is 9.59 Å². The van der Waals surface area contributed by atoms with E-state index in [1.54, 1.807) is 13.8 Å². The van der Waals surface area contributed by atoms with Crippen molar-refractivity contribution in [2.45, 2.75) is 44.7 Å². The Balaban J connectivity index is 0.00000225. The third-order valence-corrected chi connectivity index (χ3v) is 2.43. The molecule has 1 saturated heterocycles. The molecule has 0 aromatic carbocycles. The van der Waals surface area contributed by atoms with Gasteiger partial charge >= 0.3 is 0 Å². The number of carbonyl (C=O) groups excluding carboxylic acids is 2. The van der Waals surface area contributed by atoms with E-state index in [1.165, 1.54) is 0 Å². The molecule has 1 aliphatic rings. The summed E-state index contributed by atoms with van der Waals surface area (Å²) in [5, 5.41) is 5.43. The van der Waals surface area contributed by atoms with Crippen LogP contribution in [0.25, 0.3) is 0 Å². The molecule has 6 heteroatoms. The lowest BCUT2D eigenvalue weighted by molar-refractivity contribution is -0.131. The number of hydrogen-bond acceptors (Lipinski definition) is 3. The molecule has 1 fully saturated rings. The molecular formula is C10H20ClN3O2. The highest BCUT2D eigenvalue weighted by Gasteiger charge is 2.28. The fourth-order valence-electron chi connectivity index (χ4n) is 1.42. The molecule has 1 unspecified atom stereocenters. The van der Waals surface area contributed by atoms with Crippen molar-refractivity contribution in [2.75, 3.05) is 6.54 Å². The summed E-state index contributed by atoms with van der Waals surface area (Å²) in [6.45, 7) is 3.94. The summed E-state index contributed by atoms with van der Waals surface area (Å²) in [4.78, 5) is 23.1. The van der Waals surface area contributed by atoms with E-state index in [-0.39, 0.29) is 24.2 Å². The Kier molecular flexibility index (Phi) is 5.75. The number of amides is 2. The molecule has 0 spiro atoms. The van der Waals surface area contributed by atoms with Crippen LogP contribution in [0.5, 0.6) is 0 Å². The average Bonchev–Trinajstić information content (AvgIpc) is 2.30. The minimum atomic E-state index is -0.938. The number of hydrogen-bond donors (Lipinski definition) is 3. The van der Waals surface area contributed by atoms with E-state index < -0.39 is 11.6 Å². The van der Waals surface area contributed by atoms with Gasteiger partial charge in [-0.05, 0) is 33.1 Å². The molecule has 0 saturated carbocycles. The second-order valence-electron chi connectivity index (χ2n) is 4.53. The van der Waals surface area contributed by atoms with Crippen LogP contribution in [0, 0.1) is 0 Å². The van der Waals surface area contributed by atoms with Gasteiger partial charge in [0, 0.05) is 6.54 Å². The van der Waals surface area contributed by atoms with Gasteiger partial charge in [-0.25, -0.2) is 0 Å². The van der Waals surface area contributed by atoms with Crippen LogP contribution in [0.15, 0.2) is 0 Å². The molecule has 0 aromatic heterocycles. The first-order valence-corrected chi connectivity index (χ1v) is 5.29. The minimum Gasteiger partial charge on any atom is -0.354 e. The molecule has 0 aromatic rings. The van der Waals surface area contributed by atoms with Crippen LogP contribution in [0.4, 0.5) is 0 Å². The van der Waals surface area contributed by atoms with E-state index in [0.717, 1.165) is 12.8 Å². The topological polar surface area (TPSA) is 84.2 Å². The van der Waals surface area contributed by atoms with Gasteiger partial charge in [0.05, 0.1) is 5.54 Å². The van der Waals surface area contributed by atoms with E-state index in [0.29, 0.717) is 13.0 Å². The monoisotopic (exact) mass is 249 g/mol. The van der Waals surface area contributed by atoms with Crippen molar-refractivity contribution in [2.24, 2.45) is 5.73 Å². The largest absolute Gasteiger partial charge is 0.354 e. The van der Waals surface area contributed by atoms with Crippen LogP contribution in [0.3, 0.4) is 0 Å². The average molecular weight is 250 g/mol. The number of rotatable bonds is 2. The number of carbonyl (C=O) groups is 2. The van der Waals surface area contributed by atoms with E-state index in [9.17, 15) is 9.59 Å². The molecule has 0 bridgehead atoms. The van der Waals surface area contributed by atoms with Gasteiger partial charge in [0.1, 0.15) is 6.04 Å². The molecule has 2 amide bonds. The standard InChI is InChI=1S/C10H19N3O2.ClH/c1-10(2,11)9(15)13-7-5-3-4-6-12-8(7)14;/h7H,3-6,11H2,1-2H3,(H,12,14)(H,13,15);1H. The molecule has 1 atom stereocenters. The molecule has 5 nitrogen and oxygen atoms in total. The minimum absolute atomic E-state index is 0. The van der Waals surface area contributed by atoms with Crippen molar-refractivity contribution in [1.82, 2.24) is 10.6 Å². The summed E-state index contributed by atoms with van der Waals surface area (Å²) in [6.07, 6.45) is 2.59. The van der Waals surface area contributed by atoms with Crippen LogP contribution in [0.2, 0.25) is 0 Å².